The summed E-state index contributed by atoms with van der Waals surface area (Å²) in [5.41, 5.74) is 2.00. The number of benzene rings is 2. The van der Waals surface area contributed by atoms with E-state index in [1.807, 2.05) is 37.3 Å². The molecule has 0 radical (unpaired) electrons. The van der Waals surface area contributed by atoms with Gasteiger partial charge < -0.3 is 24.3 Å². The van der Waals surface area contributed by atoms with Gasteiger partial charge in [0.1, 0.15) is 5.75 Å². The highest BCUT2D eigenvalue weighted by Crippen LogP contribution is 2.39. The highest BCUT2D eigenvalue weighted by atomic mass is 16.5. The smallest absolute Gasteiger partial charge is 0.261 e. The maximum Gasteiger partial charge on any atom is 0.261 e. The van der Waals surface area contributed by atoms with Crippen LogP contribution in [0, 0.1) is 0 Å². The Morgan fingerprint density at radius 3 is 2.00 bits per heavy atom. The normalized spacial score (nSPS) is 12.8. The van der Waals surface area contributed by atoms with Crippen molar-refractivity contribution in [1.29, 1.82) is 0 Å². The van der Waals surface area contributed by atoms with Gasteiger partial charge in [0, 0.05) is 0 Å². The van der Waals surface area contributed by atoms with Crippen LogP contribution in [0.15, 0.2) is 36.4 Å². The molecular formula is C23H31NO5. The molecule has 158 valence electrons. The van der Waals surface area contributed by atoms with Gasteiger partial charge in [-0.05, 0) is 55.2 Å². The molecule has 2 unspecified atom stereocenters. The van der Waals surface area contributed by atoms with Gasteiger partial charge in [0.25, 0.3) is 5.91 Å². The molecule has 2 aromatic rings. The molecule has 0 saturated heterocycles. The lowest BCUT2D eigenvalue weighted by Gasteiger charge is -2.21. The van der Waals surface area contributed by atoms with Gasteiger partial charge in [-0.2, -0.15) is 0 Å². The zero-order valence-electron chi connectivity index (χ0n) is 18.2. The van der Waals surface area contributed by atoms with Crippen molar-refractivity contribution in [2.45, 2.75) is 45.8 Å². The van der Waals surface area contributed by atoms with Gasteiger partial charge in [-0.15, -0.1) is 0 Å². The fraction of sp³-hybridized carbons (Fsp3) is 0.435. The van der Waals surface area contributed by atoms with Crippen LogP contribution in [0.4, 0.5) is 0 Å². The molecule has 2 aromatic carbocycles. The number of nitrogens with one attached hydrogen (secondary N) is 1. The highest BCUT2D eigenvalue weighted by Gasteiger charge is 2.21. The minimum absolute atomic E-state index is 0.207. The van der Waals surface area contributed by atoms with Crippen LogP contribution in [0.3, 0.4) is 0 Å². The van der Waals surface area contributed by atoms with E-state index in [4.69, 9.17) is 18.9 Å². The number of methoxy groups -OCH3 is 3. The van der Waals surface area contributed by atoms with Gasteiger partial charge in [0.15, 0.2) is 17.6 Å². The Kier molecular flexibility index (Phi) is 7.76. The zero-order chi connectivity index (χ0) is 21.6. The lowest BCUT2D eigenvalue weighted by molar-refractivity contribution is -0.127. The van der Waals surface area contributed by atoms with Crippen LogP contribution in [-0.4, -0.2) is 33.3 Å². The molecule has 0 fully saturated rings. The van der Waals surface area contributed by atoms with Crippen LogP contribution in [0.1, 0.15) is 50.8 Å². The Labute approximate surface area is 173 Å². The van der Waals surface area contributed by atoms with Crippen LogP contribution < -0.4 is 24.3 Å². The molecule has 0 saturated carbocycles. The summed E-state index contributed by atoms with van der Waals surface area (Å²) >= 11 is 0. The summed E-state index contributed by atoms with van der Waals surface area (Å²) in [6.45, 7) is 7.87. The van der Waals surface area contributed by atoms with Crippen LogP contribution in [0.25, 0.3) is 0 Å². The Morgan fingerprint density at radius 1 is 0.862 bits per heavy atom. The average molecular weight is 402 g/mol. The molecule has 1 N–H and O–H groups in total. The Balaban J connectivity index is 2.11. The summed E-state index contributed by atoms with van der Waals surface area (Å²) < 4.78 is 22.0. The van der Waals surface area contributed by atoms with E-state index in [1.54, 1.807) is 28.3 Å². The van der Waals surface area contributed by atoms with E-state index in [2.05, 4.69) is 25.2 Å². The molecule has 2 rings (SSSR count). The van der Waals surface area contributed by atoms with Crippen LogP contribution in [-0.2, 0) is 4.79 Å². The van der Waals surface area contributed by atoms with Crippen molar-refractivity contribution in [3.63, 3.8) is 0 Å². The van der Waals surface area contributed by atoms with Crippen LogP contribution >= 0.6 is 0 Å². The number of hydrogen-bond donors (Lipinski definition) is 1. The van der Waals surface area contributed by atoms with Gasteiger partial charge in [0.2, 0.25) is 5.75 Å². The molecule has 6 heteroatoms. The maximum atomic E-state index is 12.7. The van der Waals surface area contributed by atoms with Crippen molar-refractivity contribution in [1.82, 2.24) is 5.32 Å². The quantitative estimate of drug-likeness (QED) is 0.671. The molecule has 6 nitrogen and oxygen atoms in total. The second kappa shape index (κ2) is 10.0. The number of hydrogen-bond acceptors (Lipinski definition) is 5. The molecule has 0 spiro atoms. The number of rotatable bonds is 9. The largest absolute Gasteiger partial charge is 0.493 e. The fourth-order valence-electron chi connectivity index (χ4n) is 2.97. The average Bonchev–Trinajstić information content (AvgIpc) is 2.72. The molecular weight excluding hydrogens is 370 g/mol. The topological polar surface area (TPSA) is 66.0 Å². The monoisotopic (exact) mass is 401 g/mol. The summed E-state index contributed by atoms with van der Waals surface area (Å²) in [5, 5.41) is 2.98. The molecule has 0 bridgehead atoms. The van der Waals surface area contributed by atoms with E-state index in [-0.39, 0.29) is 11.9 Å². The first-order chi connectivity index (χ1) is 13.8. The Morgan fingerprint density at radius 2 is 1.48 bits per heavy atom. The highest BCUT2D eigenvalue weighted by molar-refractivity contribution is 5.81. The van der Waals surface area contributed by atoms with E-state index >= 15 is 0 Å². The first-order valence-corrected chi connectivity index (χ1v) is 9.67. The van der Waals surface area contributed by atoms with E-state index in [9.17, 15) is 4.79 Å². The van der Waals surface area contributed by atoms with E-state index < -0.39 is 6.10 Å². The lowest BCUT2D eigenvalue weighted by Crippen LogP contribution is -2.37. The standard InChI is InChI=1S/C23H31NO5/c1-14(2)17-9-8-10-19(11-17)29-16(4)23(25)24-15(3)18-12-20(26-5)22(28-7)21(13-18)27-6/h8-16H,1-7H3,(H,24,25). The summed E-state index contributed by atoms with van der Waals surface area (Å²) in [7, 11) is 4.68. The van der Waals surface area contributed by atoms with Crippen molar-refractivity contribution < 1.29 is 23.7 Å². The fourth-order valence-corrected chi connectivity index (χ4v) is 2.97. The molecule has 0 aliphatic rings. The number of carbonyl (C=O) groups excluding carboxylic acids is 1. The van der Waals surface area contributed by atoms with Crippen molar-refractivity contribution >= 4 is 5.91 Å². The zero-order valence-corrected chi connectivity index (χ0v) is 18.2. The van der Waals surface area contributed by atoms with Gasteiger partial charge in [-0.1, -0.05) is 26.0 Å². The molecule has 0 aliphatic heterocycles. The van der Waals surface area contributed by atoms with Gasteiger partial charge in [-0.25, -0.2) is 0 Å². The van der Waals surface area contributed by atoms with E-state index in [0.29, 0.717) is 28.9 Å². The predicted octanol–water partition coefficient (Wildman–Crippen LogP) is 4.48. The third kappa shape index (κ3) is 5.56. The molecule has 29 heavy (non-hydrogen) atoms. The van der Waals surface area contributed by atoms with Crippen molar-refractivity contribution in [2.24, 2.45) is 0 Å². The van der Waals surface area contributed by atoms with E-state index in [0.717, 1.165) is 5.56 Å². The van der Waals surface area contributed by atoms with Crippen molar-refractivity contribution in [3.05, 3.63) is 47.5 Å². The second-order valence-electron chi connectivity index (χ2n) is 7.18. The SMILES string of the molecule is COc1cc(C(C)NC(=O)C(C)Oc2cccc(C(C)C)c2)cc(OC)c1OC. The summed E-state index contributed by atoms with van der Waals surface area (Å²) in [4.78, 5) is 12.7. The van der Waals surface area contributed by atoms with Crippen molar-refractivity contribution in [2.75, 3.05) is 21.3 Å². The minimum atomic E-state index is -0.637. The van der Waals surface area contributed by atoms with Crippen LogP contribution in [0.2, 0.25) is 0 Å². The molecule has 1 amide bonds. The van der Waals surface area contributed by atoms with Gasteiger partial charge >= 0.3 is 0 Å². The summed E-state index contributed by atoms with van der Waals surface area (Å²) in [6, 6.07) is 11.2. The maximum absolute atomic E-state index is 12.7. The Hall–Kier alpha value is -2.89. The van der Waals surface area contributed by atoms with E-state index in [1.165, 1.54) is 5.56 Å². The number of carbonyl (C=O) groups is 1. The molecule has 0 aromatic heterocycles. The minimum Gasteiger partial charge on any atom is -0.493 e. The Bertz CT molecular complexity index is 809. The first kappa shape index (κ1) is 22.4. The molecule has 0 aliphatic carbocycles. The van der Waals surface area contributed by atoms with Gasteiger partial charge in [0.05, 0.1) is 27.4 Å². The third-order valence-corrected chi connectivity index (χ3v) is 4.75. The number of amides is 1. The molecule has 0 heterocycles. The van der Waals surface area contributed by atoms with Gasteiger partial charge in [-0.3, -0.25) is 4.79 Å². The third-order valence-electron chi connectivity index (χ3n) is 4.75. The van der Waals surface area contributed by atoms with Crippen LogP contribution in [0.5, 0.6) is 23.0 Å². The lowest BCUT2D eigenvalue weighted by atomic mass is 10.0. The van der Waals surface area contributed by atoms with Crippen molar-refractivity contribution in [3.8, 4) is 23.0 Å². The molecule has 2 atom stereocenters. The summed E-state index contributed by atoms with van der Waals surface area (Å²) in [6.07, 6.45) is -0.637. The first-order valence-electron chi connectivity index (χ1n) is 9.67. The number of ether oxygens (including phenoxy) is 4. The predicted molar refractivity (Wildman–Crippen MR) is 113 cm³/mol. The second-order valence-corrected chi connectivity index (χ2v) is 7.18. The summed E-state index contributed by atoms with van der Waals surface area (Å²) in [5.74, 6) is 2.46.